The number of aryl methyl sites for hydroxylation is 2. The predicted molar refractivity (Wildman–Crippen MR) is 147 cm³/mol. The Morgan fingerprint density at radius 1 is 1.02 bits per heavy atom. The van der Waals surface area contributed by atoms with Gasteiger partial charge in [-0.15, -0.1) is 13.2 Å². The van der Waals surface area contributed by atoms with Crippen molar-refractivity contribution in [3.8, 4) is 11.4 Å². The molecule has 0 saturated heterocycles. The zero-order valence-electron chi connectivity index (χ0n) is 21.2. The van der Waals surface area contributed by atoms with Gasteiger partial charge in [0.25, 0.3) is 0 Å². The first-order valence-corrected chi connectivity index (χ1v) is 12.8. The summed E-state index contributed by atoms with van der Waals surface area (Å²) in [5.74, 6) is 0.0638. The SMILES string of the molecule is Cc1ccc(Sn2c(C(=O)c3cnn(-c4ccc5nc(C)[nH]c5c4)c3N)cc3ccc(OC(F)(F)F)cc32)cc1. The maximum absolute atomic E-state index is 13.9. The van der Waals surface area contributed by atoms with Gasteiger partial charge in [-0.3, -0.25) is 8.77 Å². The second-order valence-corrected chi connectivity index (χ2v) is 10.2. The van der Waals surface area contributed by atoms with Crippen LogP contribution in [0.4, 0.5) is 19.0 Å². The lowest BCUT2D eigenvalue weighted by Gasteiger charge is -2.12. The minimum absolute atomic E-state index is 0.124. The van der Waals surface area contributed by atoms with Gasteiger partial charge in [0.2, 0.25) is 5.78 Å². The molecule has 0 aliphatic carbocycles. The Morgan fingerprint density at radius 3 is 2.55 bits per heavy atom. The lowest BCUT2D eigenvalue weighted by molar-refractivity contribution is -0.274. The molecule has 0 fully saturated rings. The second kappa shape index (κ2) is 9.49. The second-order valence-electron chi connectivity index (χ2n) is 9.20. The molecule has 3 N–H and O–H groups in total. The van der Waals surface area contributed by atoms with Crippen LogP contribution in [0.25, 0.3) is 27.6 Å². The lowest BCUT2D eigenvalue weighted by Crippen LogP contribution is -2.17. The van der Waals surface area contributed by atoms with Gasteiger partial charge in [-0.2, -0.15) is 5.10 Å². The van der Waals surface area contributed by atoms with Crippen molar-refractivity contribution in [1.29, 1.82) is 0 Å². The van der Waals surface area contributed by atoms with Gasteiger partial charge in [0.05, 0.1) is 34.0 Å². The number of aromatic nitrogens is 5. The van der Waals surface area contributed by atoms with Crippen molar-refractivity contribution in [2.24, 2.45) is 0 Å². The average Bonchev–Trinajstić information content (AvgIpc) is 3.57. The average molecular weight is 563 g/mol. The number of halogens is 3. The number of alkyl halides is 3. The third-order valence-corrected chi connectivity index (χ3v) is 7.35. The summed E-state index contributed by atoms with van der Waals surface area (Å²) in [5, 5.41) is 4.91. The Hall–Kier alpha value is -4.71. The number of fused-ring (bicyclic) bond motifs is 2. The fraction of sp³-hybridized carbons (Fsp3) is 0.107. The molecule has 6 rings (SSSR count). The van der Waals surface area contributed by atoms with E-state index in [0.717, 1.165) is 27.3 Å². The summed E-state index contributed by atoms with van der Waals surface area (Å²) in [7, 11) is 0. The van der Waals surface area contributed by atoms with E-state index in [9.17, 15) is 18.0 Å². The van der Waals surface area contributed by atoms with Crippen LogP contribution in [0.3, 0.4) is 0 Å². The standard InChI is InChI=1S/C28H21F3N6O2S/c1-15-3-8-20(9-4-15)40-37-24-13-19(39-28(29,30)31)7-5-17(24)11-25(37)26(38)21-14-33-36(27(21)32)18-6-10-22-23(12-18)35-16(2)34-22/h3-14H,32H2,1-2H3,(H,34,35). The Bertz CT molecular complexity index is 1900. The van der Waals surface area contributed by atoms with Crippen LogP contribution in [0.1, 0.15) is 27.4 Å². The summed E-state index contributed by atoms with van der Waals surface area (Å²) in [6.07, 6.45) is -3.47. The third kappa shape index (κ3) is 4.77. The van der Waals surface area contributed by atoms with E-state index < -0.39 is 12.1 Å². The highest BCUT2D eigenvalue weighted by molar-refractivity contribution is 7.98. The molecule has 202 valence electrons. The number of carbonyl (C=O) groups is 1. The van der Waals surface area contributed by atoms with Gasteiger partial charge in [0, 0.05) is 16.3 Å². The van der Waals surface area contributed by atoms with Crippen molar-refractivity contribution in [2.75, 3.05) is 5.73 Å². The van der Waals surface area contributed by atoms with Gasteiger partial charge in [-0.25, -0.2) is 9.67 Å². The molecule has 8 nitrogen and oxygen atoms in total. The predicted octanol–water partition coefficient (Wildman–Crippen LogP) is 6.59. The van der Waals surface area contributed by atoms with Gasteiger partial charge in [0.15, 0.2) is 0 Å². The summed E-state index contributed by atoms with van der Waals surface area (Å²) in [6, 6.07) is 18.6. The van der Waals surface area contributed by atoms with Gasteiger partial charge in [-0.05, 0) is 74.3 Å². The number of hydrogen-bond donors (Lipinski definition) is 2. The van der Waals surface area contributed by atoms with E-state index in [1.807, 2.05) is 50.2 Å². The summed E-state index contributed by atoms with van der Waals surface area (Å²) in [6.45, 7) is 3.80. The molecule has 0 saturated carbocycles. The molecule has 3 aromatic heterocycles. The van der Waals surface area contributed by atoms with Crippen LogP contribution in [0.2, 0.25) is 0 Å². The molecule has 0 unspecified atom stereocenters. The lowest BCUT2D eigenvalue weighted by atomic mass is 10.1. The monoisotopic (exact) mass is 562 g/mol. The largest absolute Gasteiger partial charge is 0.573 e. The van der Waals surface area contributed by atoms with E-state index >= 15 is 0 Å². The van der Waals surface area contributed by atoms with Crippen molar-refractivity contribution < 1.29 is 22.7 Å². The van der Waals surface area contributed by atoms with Crippen LogP contribution >= 0.6 is 11.9 Å². The van der Waals surface area contributed by atoms with Crippen LogP contribution in [0.5, 0.6) is 5.75 Å². The molecule has 12 heteroatoms. The van der Waals surface area contributed by atoms with Gasteiger partial charge >= 0.3 is 6.36 Å². The first-order chi connectivity index (χ1) is 19.1. The fourth-order valence-corrected chi connectivity index (χ4v) is 5.41. The maximum atomic E-state index is 13.9. The molecule has 6 aromatic rings. The third-order valence-electron chi connectivity index (χ3n) is 6.30. The maximum Gasteiger partial charge on any atom is 0.573 e. The number of nitrogens with zero attached hydrogens (tertiary/aromatic N) is 4. The van der Waals surface area contributed by atoms with Crippen molar-refractivity contribution in [1.82, 2.24) is 23.7 Å². The number of benzene rings is 3. The number of nitrogens with one attached hydrogen (secondary N) is 1. The van der Waals surface area contributed by atoms with Crippen LogP contribution < -0.4 is 10.5 Å². The van der Waals surface area contributed by atoms with Crippen molar-refractivity contribution in [3.63, 3.8) is 0 Å². The molecule has 0 atom stereocenters. The molecule has 3 heterocycles. The van der Waals surface area contributed by atoms with E-state index in [2.05, 4.69) is 19.8 Å². The zero-order valence-corrected chi connectivity index (χ0v) is 22.0. The number of carbonyl (C=O) groups excluding carboxylic acids is 1. The number of H-pyrrole nitrogens is 1. The fourth-order valence-electron chi connectivity index (χ4n) is 4.45. The molecule has 3 aromatic carbocycles. The minimum atomic E-state index is -4.85. The van der Waals surface area contributed by atoms with E-state index in [0.29, 0.717) is 16.6 Å². The van der Waals surface area contributed by atoms with Gasteiger partial charge in [-0.1, -0.05) is 17.7 Å². The summed E-state index contributed by atoms with van der Waals surface area (Å²) in [4.78, 5) is 22.2. The number of hydrogen-bond acceptors (Lipinski definition) is 6. The Balaban J connectivity index is 1.44. The molecule has 0 spiro atoms. The number of imidazole rings is 1. The van der Waals surface area contributed by atoms with E-state index in [4.69, 9.17) is 5.73 Å². The molecular weight excluding hydrogens is 541 g/mol. The Morgan fingerprint density at radius 2 is 1.80 bits per heavy atom. The minimum Gasteiger partial charge on any atom is -0.406 e. The number of rotatable bonds is 6. The summed E-state index contributed by atoms with van der Waals surface area (Å²) < 4.78 is 46.0. The number of anilines is 1. The first kappa shape index (κ1) is 25.6. The van der Waals surface area contributed by atoms with E-state index in [1.54, 1.807) is 16.1 Å². The van der Waals surface area contributed by atoms with Crippen LogP contribution in [-0.2, 0) is 0 Å². The Labute approximate surface area is 229 Å². The van der Waals surface area contributed by atoms with Crippen LogP contribution in [0, 0.1) is 13.8 Å². The smallest absolute Gasteiger partial charge is 0.406 e. The van der Waals surface area contributed by atoms with Gasteiger partial charge in [0.1, 0.15) is 23.1 Å². The quantitative estimate of drug-likeness (QED) is 0.222. The molecule has 0 amide bonds. The Kier molecular flexibility index (Phi) is 6.06. The van der Waals surface area contributed by atoms with Crippen LogP contribution in [0.15, 0.2) is 77.8 Å². The van der Waals surface area contributed by atoms with Crippen molar-refractivity contribution in [2.45, 2.75) is 25.1 Å². The highest BCUT2D eigenvalue weighted by Gasteiger charge is 2.31. The number of ether oxygens (including phenoxy) is 1. The highest BCUT2D eigenvalue weighted by Crippen LogP contribution is 2.35. The first-order valence-electron chi connectivity index (χ1n) is 12.1. The molecule has 0 aliphatic heterocycles. The molecule has 40 heavy (non-hydrogen) atoms. The summed E-state index contributed by atoms with van der Waals surface area (Å²) in [5.41, 5.74) is 10.4. The van der Waals surface area contributed by atoms with E-state index in [-0.39, 0.29) is 22.8 Å². The van der Waals surface area contributed by atoms with E-state index in [1.165, 1.54) is 41.0 Å². The number of nitrogen functional groups attached to an aromatic ring is 1. The highest BCUT2D eigenvalue weighted by atomic mass is 32.2. The van der Waals surface area contributed by atoms with Crippen molar-refractivity contribution >= 4 is 45.5 Å². The number of ketones is 1. The normalized spacial score (nSPS) is 11.9. The molecular formula is C28H21F3N6O2S. The topological polar surface area (TPSA) is 104 Å². The van der Waals surface area contributed by atoms with Crippen molar-refractivity contribution in [3.05, 3.63) is 95.6 Å². The molecule has 0 radical (unpaired) electrons. The van der Waals surface area contributed by atoms with Crippen LogP contribution in [-0.4, -0.2) is 35.9 Å². The summed E-state index contributed by atoms with van der Waals surface area (Å²) >= 11 is 1.20. The number of aromatic amines is 1. The molecule has 0 aliphatic rings. The number of nitrogens with two attached hydrogens (primary N) is 1. The van der Waals surface area contributed by atoms with Gasteiger partial charge < -0.3 is 15.5 Å². The zero-order chi connectivity index (χ0) is 28.2. The molecule has 0 bridgehead atoms.